The monoisotopic (exact) mass is 390 g/mol. The molecule has 9 heteroatoms. The van der Waals surface area contributed by atoms with E-state index in [0.29, 0.717) is 18.8 Å². The minimum absolute atomic E-state index is 0.152. The molecular weight excluding hydrogens is 368 g/mol. The fourth-order valence-electron chi connectivity index (χ4n) is 3.47. The molecule has 0 fully saturated rings. The van der Waals surface area contributed by atoms with Crippen LogP contribution < -0.4 is 5.32 Å². The van der Waals surface area contributed by atoms with Gasteiger partial charge in [0, 0.05) is 4.91 Å². The summed E-state index contributed by atoms with van der Waals surface area (Å²) in [5.74, 6) is -0.170. The number of amides is 2. The van der Waals surface area contributed by atoms with Crippen LogP contribution in [0.15, 0.2) is 43.6 Å². The molecule has 3 aliphatic rings. The highest BCUT2D eigenvalue weighted by atomic mass is 32.2. The molecule has 0 bridgehead atoms. The Morgan fingerprint density at radius 3 is 3.11 bits per heavy atom. The molecule has 0 unspecified atom stereocenters. The molecule has 0 aromatic carbocycles. The molecule has 0 saturated carbocycles. The quantitative estimate of drug-likeness (QED) is 0.834. The van der Waals surface area contributed by atoms with E-state index >= 15 is 0 Å². The first-order valence-corrected chi connectivity index (χ1v) is 9.91. The summed E-state index contributed by atoms with van der Waals surface area (Å²) >= 11 is 1.56. The molecule has 8 nitrogen and oxygen atoms in total. The van der Waals surface area contributed by atoms with Gasteiger partial charge in [-0.15, -0.1) is 0 Å². The molecule has 144 valence electrons. The van der Waals surface area contributed by atoms with Gasteiger partial charge in [0.2, 0.25) is 5.91 Å². The van der Waals surface area contributed by atoms with E-state index in [1.165, 1.54) is 5.01 Å². The van der Waals surface area contributed by atoms with E-state index in [4.69, 9.17) is 9.15 Å². The molecule has 0 radical (unpaired) electrons. The summed E-state index contributed by atoms with van der Waals surface area (Å²) in [6.07, 6.45) is 3.14. The normalized spacial score (nSPS) is 29.7. The number of ether oxygens (including phenoxy) is 1. The largest absolute Gasteiger partial charge is 0.467 e. The van der Waals surface area contributed by atoms with Crippen molar-refractivity contribution in [3.8, 4) is 0 Å². The SMILES string of the molecule is CC[C@@]1(C)CC2=C(CO1)S[C@@H]1N=NN(CC(=O)NCc3ccco3)C(=O)[C@H]21. The molecule has 4 heterocycles. The third kappa shape index (κ3) is 3.53. The number of hydrogen-bond donors (Lipinski definition) is 1. The zero-order valence-corrected chi connectivity index (χ0v) is 16.1. The Hall–Kier alpha value is -2.13. The highest BCUT2D eigenvalue weighted by Gasteiger charge is 2.49. The molecular formula is C18H22N4O4S. The summed E-state index contributed by atoms with van der Waals surface area (Å²) in [6.45, 7) is 4.80. The third-order valence-electron chi connectivity index (χ3n) is 5.27. The first kappa shape index (κ1) is 18.2. The number of nitrogens with zero attached hydrogens (tertiary/aromatic N) is 3. The number of carbonyl (C=O) groups excluding carboxylic acids is 2. The molecule has 0 spiro atoms. The first-order valence-electron chi connectivity index (χ1n) is 9.03. The summed E-state index contributed by atoms with van der Waals surface area (Å²) in [5, 5.41) is 11.9. The molecule has 1 aromatic heterocycles. The van der Waals surface area contributed by atoms with Crippen molar-refractivity contribution in [2.24, 2.45) is 16.3 Å². The van der Waals surface area contributed by atoms with Crippen LogP contribution in [0.1, 0.15) is 32.4 Å². The Morgan fingerprint density at radius 1 is 1.52 bits per heavy atom. The van der Waals surface area contributed by atoms with E-state index in [1.807, 2.05) is 0 Å². The van der Waals surface area contributed by atoms with Gasteiger partial charge in [-0.05, 0) is 37.5 Å². The predicted octanol–water partition coefficient (Wildman–Crippen LogP) is 2.64. The second-order valence-corrected chi connectivity index (χ2v) is 8.37. The minimum Gasteiger partial charge on any atom is -0.467 e. The number of nitrogens with one attached hydrogen (secondary N) is 1. The van der Waals surface area contributed by atoms with E-state index in [-0.39, 0.29) is 41.8 Å². The van der Waals surface area contributed by atoms with Crippen molar-refractivity contribution in [1.29, 1.82) is 0 Å². The number of thioether (sulfide) groups is 1. The lowest BCUT2D eigenvalue weighted by Crippen LogP contribution is -2.45. The van der Waals surface area contributed by atoms with Crippen LogP contribution in [0, 0.1) is 5.92 Å². The van der Waals surface area contributed by atoms with E-state index in [9.17, 15) is 9.59 Å². The second kappa shape index (κ2) is 7.12. The fourth-order valence-corrected chi connectivity index (χ4v) is 4.75. The number of rotatable bonds is 5. The molecule has 2 amide bonds. The van der Waals surface area contributed by atoms with Crippen molar-refractivity contribution in [2.45, 2.75) is 44.2 Å². The Balaban J connectivity index is 1.42. The van der Waals surface area contributed by atoms with Gasteiger partial charge in [0.1, 0.15) is 17.7 Å². The van der Waals surface area contributed by atoms with Crippen LogP contribution in [0.4, 0.5) is 0 Å². The van der Waals surface area contributed by atoms with E-state index in [0.717, 1.165) is 16.9 Å². The van der Waals surface area contributed by atoms with Crippen molar-refractivity contribution in [1.82, 2.24) is 10.3 Å². The molecule has 3 atom stereocenters. The molecule has 0 aliphatic carbocycles. The number of furan rings is 1. The minimum atomic E-state index is -0.352. The van der Waals surface area contributed by atoms with Crippen LogP contribution in [0.5, 0.6) is 0 Å². The van der Waals surface area contributed by atoms with Crippen molar-refractivity contribution in [3.05, 3.63) is 34.6 Å². The average molecular weight is 390 g/mol. The van der Waals surface area contributed by atoms with Crippen molar-refractivity contribution in [3.63, 3.8) is 0 Å². The lowest BCUT2D eigenvalue weighted by Gasteiger charge is -2.35. The Bertz CT molecular complexity index is 806. The summed E-state index contributed by atoms with van der Waals surface area (Å²) in [6, 6.07) is 3.53. The maximum Gasteiger partial charge on any atom is 0.254 e. The van der Waals surface area contributed by atoms with Crippen LogP contribution >= 0.6 is 11.8 Å². The first-order chi connectivity index (χ1) is 13.0. The number of fused-ring (bicyclic) bond motifs is 2. The van der Waals surface area contributed by atoms with E-state index in [1.54, 1.807) is 30.2 Å². The van der Waals surface area contributed by atoms with Gasteiger partial charge in [0.05, 0.1) is 30.9 Å². The Labute approximate surface area is 161 Å². The smallest absolute Gasteiger partial charge is 0.254 e. The highest BCUT2D eigenvalue weighted by Crippen LogP contribution is 2.51. The zero-order valence-electron chi connectivity index (χ0n) is 15.3. The van der Waals surface area contributed by atoms with E-state index < -0.39 is 0 Å². The van der Waals surface area contributed by atoms with Gasteiger partial charge in [-0.2, -0.15) is 5.11 Å². The van der Waals surface area contributed by atoms with Crippen LogP contribution in [0.2, 0.25) is 0 Å². The average Bonchev–Trinajstić information content (AvgIpc) is 3.30. The zero-order chi connectivity index (χ0) is 19.0. The van der Waals surface area contributed by atoms with Crippen LogP contribution in [-0.2, 0) is 20.9 Å². The second-order valence-electron chi connectivity index (χ2n) is 7.16. The fraction of sp³-hybridized carbons (Fsp3) is 0.556. The third-order valence-corrected chi connectivity index (χ3v) is 6.55. The van der Waals surface area contributed by atoms with Crippen LogP contribution in [0.25, 0.3) is 0 Å². The summed E-state index contributed by atoms with van der Waals surface area (Å²) in [4.78, 5) is 26.3. The van der Waals surface area contributed by atoms with Gasteiger partial charge >= 0.3 is 0 Å². The van der Waals surface area contributed by atoms with Gasteiger partial charge < -0.3 is 14.5 Å². The van der Waals surface area contributed by atoms with Gasteiger partial charge in [0.25, 0.3) is 5.91 Å². The maximum atomic E-state index is 13.0. The topological polar surface area (TPSA) is 96.5 Å². The molecule has 3 aliphatic heterocycles. The molecule has 1 N–H and O–H groups in total. The van der Waals surface area contributed by atoms with Gasteiger partial charge in [-0.3, -0.25) is 9.59 Å². The van der Waals surface area contributed by atoms with Crippen molar-refractivity contribution in [2.75, 3.05) is 13.2 Å². The molecule has 27 heavy (non-hydrogen) atoms. The molecule has 0 saturated heterocycles. The van der Waals surface area contributed by atoms with E-state index in [2.05, 4.69) is 29.5 Å². The van der Waals surface area contributed by atoms with Gasteiger partial charge in [0.15, 0.2) is 0 Å². The van der Waals surface area contributed by atoms with Crippen molar-refractivity contribution < 1.29 is 18.7 Å². The Morgan fingerprint density at radius 2 is 2.37 bits per heavy atom. The Kier molecular flexibility index (Phi) is 4.81. The number of hydrogen-bond acceptors (Lipinski definition) is 7. The maximum absolute atomic E-state index is 13.0. The van der Waals surface area contributed by atoms with Gasteiger partial charge in [-0.25, -0.2) is 5.01 Å². The predicted molar refractivity (Wildman–Crippen MR) is 98.3 cm³/mol. The summed E-state index contributed by atoms with van der Waals surface area (Å²) in [5.41, 5.74) is 0.847. The van der Waals surface area contributed by atoms with Gasteiger partial charge in [-0.1, -0.05) is 23.9 Å². The summed E-state index contributed by atoms with van der Waals surface area (Å²) in [7, 11) is 0. The standard InChI is InChI=1S/C18H22N4O4S/c1-3-18(2)7-12-13(10-26-18)27-16-15(12)17(24)22(21-20-16)9-14(23)19-8-11-5-4-6-25-11/h4-6,15-16H,3,7-10H2,1-2H3,(H,19,23)/t15-,16+,18+/m1/s1. The lowest BCUT2D eigenvalue weighted by molar-refractivity contribution is -0.141. The number of carbonyl (C=O) groups is 2. The molecule has 4 rings (SSSR count). The van der Waals surface area contributed by atoms with Crippen LogP contribution in [0.3, 0.4) is 0 Å². The van der Waals surface area contributed by atoms with Crippen molar-refractivity contribution >= 4 is 23.6 Å². The molecule has 1 aromatic rings. The lowest BCUT2D eigenvalue weighted by atomic mass is 9.84. The van der Waals surface area contributed by atoms with Crippen LogP contribution in [-0.4, -0.2) is 40.9 Å². The highest BCUT2D eigenvalue weighted by molar-refractivity contribution is 8.04. The summed E-state index contributed by atoms with van der Waals surface area (Å²) < 4.78 is 11.2.